The van der Waals surface area contributed by atoms with E-state index < -0.39 is 0 Å². The largest absolute Gasteiger partial charge is 0.497 e. The van der Waals surface area contributed by atoms with E-state index in [4.69, 9.17) is 14.5 Å². The smallest absolute Gasteiger partial charge is 0.260 e. The number of fused-ring (bicyclic) bond motifs is 1. The van der Waals surface area contributed by atoms with Crippen molar-refractivity contribution in [2.45, 2.75) is 26.3 Å². The monoisotopic (exact) mass is 450 g/mol. The van der Waals surface area contributed by atoms with Crippen LogP contribution in [0.25, 0.3) is 10.2 Å². The fourth-order valence-corrected chi connectivity index (χ4v) is 4.26. The molecule has 166 valence electrons. The van der Waals surface area contributed by atoms with Gasteiger partial charge in [0, 0.05) is 24.5 Å². The first kappa shape index (κ1) is 21.8. The number of ether oxygens (including phenoxy) is 2. The summed E-state index contributed by atoms with van der Waals surface area (Å²) in [6.07, 6.45) is 5.70. The quantitative estimate of drug-likeness (QED) is 0.317. The molecule has 2 aromatic carbocycles. The first-order chi connectivity index (χ1) is 15.7. The maximum Gasteiger partial charge on any atom is 0.260 e. The van der Waals surface area contributed by atoms with Crippen molar-refractivity contribution in [2.24, 2.45) is 0 Å². The number of benzene rings is 2. The molecule has 2 aromatic heterocycles. The number of hydrogen-bond donors (Lipinski definition) is 0. The van der Waals surface area contributed by atoms with Crippen LogP contribution in [0.3, 0.4) is 0 Å². The lowest BCUT2D eigenvalue weighted by atomic mass is 10.2. The zero-order chi connectivity index (χ0) is 22.3. The van der Waals surface area contributed by atoms with Crippen LogP contribution in [0.4, 0.5) is 5.13 Å². The number of rotatable bonds is 10. The van der Waals surface area contributed by atoms with Crippen molar-refractivity contribution in [3.63, 3.8) is 0 Å². The summed E-state index contributed by atoms with van der Waals surface area (Å²) in [6.45, 7) is 3.82. The summed E-state index contributed by atoms with van der Waals surface area (Å²) in [5.74, 6) is 1.43. The lowest BCUT2D eigenvalue weighted by Crippen LogP contribution is -2.34. The van der Waals surface area contributed by atoms with Gasteiger partial charge in [0.15, 0.2) is 5.13 Å². The van der Waals surface area contributed by atoms with Gasteiger partial charge in [-0.3, -0.25) is 14.4 Å². The zero-order valence-electron chi connectivity index (χ0n) is 18.2. The molecule has 4 rings (SSSR count). The number of hydrogen-bond acceptors (Lipinski definition) is 6. The van der Waals surface area contributed by atoms with Gasteiger partial charge in [0.05, 0.1) is 30.5 Å². The summed E-state index contributed by atoms with van der Waals surface area (Å²) in [5.41, 5.74) is 1.42. The molecule has 0 unspecified atom stereocenters. The third-order valence-corrected chi connectivity index (χ3v) is 6.08. The fraction of sp³-hybridized carbons (Fsp3) is 0.292. The second-order valence-electron chi connectivity index (χ2n) is 7.28. The Balaban J connectivity index is 1.59. The van der Waals surface area contributed by atoms with Gasteiger partial charge in [-0.2, -0.15) is 5.10 Å². The van der Waals surface area contributed by atoms with E-state index in [9.17, 15) is 4.79 Å². The molecule has 8 heteroatoms. The molecule has 2 heterocycles. The van der Waals surface area contributed by atoms with Gasteiger partial charge in [-0.15, -0.1) is 0 Å². The number of methoxy groups -OCH3 is 1. The predicted octanol–water partition coefficient (Wildman–Crippen LogP) is 5.03. The Bertz CT molecular complexity index is 1160. The van der Waals surface area contributed by atoms with Crippen molar-refractivity contribution in [1.82, 2.24) is 14.8 Å². The average molecular weight is 451 g/mol. The topological polar surface area (TPSA) is 69.5 Å². The SMILES string of the molecule is CCCCOc1ccc(C(=O)N(CCn2cccn2)c2nc3ccc(OC)cc3s2)cc1. The molecule has 0 bridgehead atoms. The normalized spacial score (nSPS) is 10.9. The standard InChI is InChI=1S/C24H26N4O3S/c1-3-4-16-31-19-8-6-18(7-9-19)23(29)28(15-14-27-13-5-12-25-27)24-26-21-11-10-20(30-2)17-22(21)32-24/h5-13,17H,3-4,14-16H2,1-2H3. The molecule has 4 aromatic rings. The zero-order valence-corrected chi connectivity index (χ0v) is 19.0. The van der Waals surface area contributed by atoms with Crippen LogP contribution in [0.2, 0.25) is 0 Å². The van der Waals surface area contributed by atoms with E-state index in [-0.39, 0.29) is 5.91 Å². The van der Waals surface area contributed by atoms with Gasteiger partial charge < -0.3 is 9.47 Å². The maximum absolute atomic E-state index is 13.5. The average Bonchev–Trinajstić information content (AvgIpc) is 3.49. The van der Waals surface area contributed by atoms with Gasteiger partial charge in [-0.25, -0.2) is 4.98 Å². The van der Waals surface area contributed by atoms with Gasteiger partial charge in [-0.05, 0) is 55.0 Å². The highest BCUT2D eigenvalue weighted by atomic mass is 32.1. The highest BCUT2D eigenvalue weighted by Gasteiger charge is 2.22. The first-order valence-corrected chi connectivity index (χ1v) is 11.5. The second kappa shape index (κ2) is 10.3. The summed E-state index contributed by atoms with van der Waals surface area (Å²) in [4.78, 5) is 19.9. The van der Waals surface area contributed by atoms with Gasteiger partial charge in [-0.1, -0.05) is 24.7 Å². The van der Waals surface area contributed by atoms with E-state index in [0.29, 0.717) is 30.4 Å². The number of thiazole rings is 1. The summed E-state index contributed by atoms with van der Waals surface area (Å²) < 4.78 is 13.8. The minimum absolute atomic E-state index is 0.108. The van der Waals surface area contributed by atoms with Crippen molar-refractivity contribution >= 4 is 32.6 Å². The van der Waals surface area contributed by atoms with Gasteiger partial charge >= 0.3 is 0 Å². The molecule has 0 radical (unpaired) electrons. The van der Waals surface area contributed by atoms with Crippen molar-refractivity contribution in [3.05, 3.63) is 66.5 Å². The van der Waals surface area contributed by atoms with Crippen molar-refractivity contribution in [1.29, 1.82) is 0 Å². The van der Waals surface area contributed by atoms with Crippen molar-refractivity contribution in [3.8, 4) is 11.5 Å². The van der Waals surface area contributed by atoms with Crippen molar-refractivity contribution in [2.75, 3.05) is 25.2 Å². The molecule has 0 N–H and O–H groups in total. The molecule has 0 saturated carbocycles. The van der Waals surface area contributed by atoms with E-state index in [2.05, 4.69) is 12.0 Å². The van der Waals surface area contributed by atoms with Gasteiger partial charge in [0.1, 0.15) is 11.5 Å². The molecule has 7 nitrogen and oxygen atoms in total. The molecule has 0 aliphatic carbocycles. The van der Waals surface area contributed by atoms with E-state index in [0.717, 1.165) is 34.6 Å². The van der Waals surface area contributed by atoms with Gasteiger partial charge in [0.25, 0.3) is 5.91 Å². The number of anilines is 1. The minimum atomic E-state index is -0.108. The van der Waals surface area contributed by atoms with E-state index in [1.54, 1.807) is 35.0 Å². The van der Waals surface area contributed by atoms with Crippen LogP contribution in [-0.4, -0.2) is 40.9 Å². The third-order valence-electron chi connectivity index (χ3n) is 5.04. The molecule has 0 spiro atoms. The Morgan fingerprint density at radius 3 is 2.69 bits per heavy atom. The molecular weight excluding hydrogens is 424 g/mol. The Morgan fingerprint density at radius 2 is 1.97 bits per heavy atom. The maximum atomic E-state index is 13.5. The molecule has 0 fully saturated rings. The molecule has 32 heavy (non-hydrogen) atoms. The molecule has 0 saturated heterocycles. The molecule has 1 amide bonds. The van der Waals surface area contributed by atoms with Crippen molar-refractivity contribution < 1.29 is 14.3 Å². The molecular formula is C24H26N4O3S. The third kappa shape index (κ3) is 5.08. The lowest BCUT2D eigenvalue weighted by molar-refractivity contribution is 0.0985. The van der Waals surface area contributed by atoms with Crippen LogP contribution in [-0.2, 0) is 6.54 Å². The van der Waals surface area contributed by atoms with Crippen LogP contribution in [0, 0.1) is 0 Å². The number of carbonyl (C=O) groups is 1. The predicted molar refractivity (Wildman–Crippen MR) is 127 cm³/mol. The van der Waals surface area contributed by atoms with Crippen LogP contribution in [0.1, 0.15) is 30.1 Å². The van der Waals surface area contributed by atoms with E-state index in [1.807, 2.05) is 42.6 Å². The summed E-state index contributed by atoms with van der Waals surface area (Å²) in [5, 5.41) is 4.90. The van der Waals surface area contributed by atoms with Crippen LogP contribution in [0.5, 0.6) is 11.5 Å². The first-order valence-electron chi connectivity index (χ1n) is 10.6. The molecule has 0 aliphatic heterocycles. The highest BCUT2D eigenvalue weighted by molar-refractivity contribution is 7.22. The van der Waals surface area contributed by atoms with Crippen LogP contribution < -0.4 is 14.4 Å². The number of carbonyl (C=O) groups excluding carboxylic acids is 1. The fourth-order valence-electron chi connectivity index (χ4n) is 3.24. The Morgan fingerprint density at radius 1 is 1.16 bits per heavy atom. The highest BCUT2D eigenvalue weighted by Crippen LogP contribution is 2.32. The summed E-state index contributed by atoms with van der Waals surface area (Å²) in [6, 6.07) is 14.9. The number of aromatic nitrogens is 3. The van der Waals surface area contributed by atoms with E-state index in [1.165, 1.54) is 11.3 Å². The Kier molecular flexibility index (Phi) is 7.01. The summed E-state index contributed by atoms with van der Waals surface area (Å²) >= 11 is 1.47. The van der Waals surface area contributed by atoms with Crippen LogP contribution in [0.15, 0.2) is 60.9 Å². The molecule has 0 aliphatic rings. The van der Waals surface area contributed by atoms with Gasteiger partial charge in [0.2, 0.25) is 0 Å². The van der Waals surface area contributed by atoms with E-state index >= 15 is 0 Å². The number of amides is 1. The number of unbranched alkanes of at least 4 members (excludes halogenated alkanes) is 1. The Hall–Kier alpha value is -3.39. The number of nitrogens with zero attached hydrogens (tertiary/aromatic N) is 4. The molecule has 0 atom stereocenters. The van der Waals surface area contributed by atoms with Crippen LogP contribution >= 0.6 is 11.3 Å². The second-order valence-corrected chi connectivity index (χ2v) is 8.29. The lowest BCUT2D eigenvalue weighted by Gasteiger charge is -2.20. The minimum Gasteiger partial charge on any atom is -0.497 e. The summed E-state index contributed by atoms with van der Waals surface area (Å²) in [7, 11) is 1.64. The Labute approximate surface area is 191 Å².